The van der Waals surface area contributed by atoms with E-state index < -0.39 is 0 Å². The van der Waals surface area contributed by atoms with E-state index in [4.69, 9.17) is 23.8 Å². The van der Waals surface area contributed by atoms with Crippen LogP contribution in [-0.4, -0.2) is 29.9 Å². The summed E-state index contributed by atoms with van der Waals surface area (Å²) in [4.78, 5) is 4.43. The Morgan fingerprint density at radius 2 is 1.79 bits per heavy atom. The van der Waals surface area contributed by atoms with Gasteiger partial charge < -0.3 is 0 Å². The van der Waals surface area contributed by atoms with Crippen molar-refractivity contribution in [1.82, 2.24) is 29.9 Å². The van der Waals surface area contributed by atoms with Crippen molar-refractivity contribution in [2.45, 2.75) is 0 Å². The largest absolute Gasteiger partial charge is 0.274 e. The zero-order valence-corrected chi connectivity index (χ0v) is 16.0. The molecule has 0 unspecified atom stereocenters. The molecule has 0 aliphatic rings. The first kappa shape index (κ1) is 16.9. The zero-order valence-electron chi connectivity index (χ0n) is 14.4. The number of H-pyrrole nitrogens is 2. The number of hydrogen-bond donors (Lipinski definition) is 2. The zero-order chi connectivity index (χ0) is 19.1. The van der Waals surface area contributed by atoms with Crippen LogP contribution in [0.3, 0.4) is 0 Å². The Morgan fingerprint density at radius 1 is 0.929 bits per heavy atom. The smallest absolute Gasteiger partial charge is 0.200 e. The molecular formula is C20H13ClN6S. The van der Waals surface area contributed by atoms with Crippen LogP contribution in [0.5, 0.6) is 0 Å². The van der Waals surface area contributed by atoms with E-state index in [2.05, 4.69) is 25.4 Å². The van der Waals surface area contributed by atoms with E-state index >= 15 is 0 Å². The molecule has 0 radical (unpaired) electrons. The molecule has 2 N–H and O–H groups in total. The van der Waals surface area contributed by atoms with E-state index in [0.717, 1.165) is 33.5 Å². The van der Waals surface area contributed by atoms with Gasteiger partial charge in [-0.05, 0) is 54.7 Å². The van der Waals surface area contributed by atoms with Crippen molar-refractivity contribution in [2.24, 2.45) is 0 Å². The molecular weight excluding hydrogens is 392 g/mol. The molecule has 0 fully saturated rings. The Bertz CT molecular complexity index is 1340. The average molecular weight is 405 g/mol. The predicted octanol–water partition coefficient (Wildman–Crippen LogP) is 5.19. The molecule has 0 saturated carbocycles. The van der Waals surface area contributed by atoms with Gasteiger partial charge in [-0.2, -0.15) is 10.2 Å². The van der Waals surface area contributed by atoms with Crippen LogP contribution in [0.15, 0.2) is 66.9 Å². The van der Waals surface area contributed by atoms with Gasteiger partial charge in [0.25, 0.3) is 0 Å². The van der Waals surface area contributed by atoms with E-state index in [-0.39, 0.29) is 0 Å². The maximum atomic E-state index is 5.98. The van der Waals surface area contributed by atoms with Gasteiger partial charge in [0, 0.05) is 22.2 Å². The number of halogens is 1. The highest BCUT2D eigenvalue weighted by molar-refractivity contribution is 7.71. The number of hydrogen-bond acceptors (Lipinski definition) is 4. The topological polar surface area (TPSA) is 75.2 Å². The summed E-state index contributed by atoms with van der Waals surface area (Å²) < 4.78 is 2.38. The molecule has 6 nitrogen and oxygen atoms in total. The van der Waals surface area contributed by atoms with Gasteiger partial charge in [-0.3, -0.25) is 19.7 Å². The molecule has 0 atom stereocenters. The van der Waals surface area contributed by atoms with E-state index in [0.29, 0.717) is 15.6 Å². The number of nitrogens with zero attached hydrogens (tertiary/aromatic N) is 4. The SMILES string of the molecule is S=c1[nH]nc(-c2cc(-c3ccc(Cl)cc3)n[nH]2)n1-c1cccc2ncccc12. The van der Waals surface area contributed by atoms with Crippen LogP contribution in [0.1, 0.15) is 0 Å². The monoisotopic (exact) mass is 404 g/mol. The van der Waals surface area contributed by atoms with E-state index in [9.17, 15) is 0 Å². The summed E-state index contributed by atoms with van der Waals surface area (Å²) in [5.74, 6) is 0.647. The quantitative estimate of drug-likeness (QED) is 0.406. The molecule has 0 aliphatic heterocycles. The molecule has 0 spiro atoms. The van der Waals surface area contributed by atoms with Crippen LogP contribution in [0, 0.1) is 4.77 Å². The van der Waals surface area contributed by atoms with Crippen LogP contribution in [0.4, 0.5) is 0 Å². The van der Waals surface area contributed by atoms with Crippen molar-refractivity contribution < 1.29 is 0 Å². The van der Waals surface area contributed by atoms with Crippen molar-refractivity contribution >= 4 is 34.7 Å². The summed E-state index contributed by atoms with van der Waals surface area (Å²) in [7, 11) is 0. The van der Waals surface area contributed by atoms with Crippen LogP contribution in [0.25, 0.3) is 39.4 Å². The molecule has 0 bridgehead atoms. The minimum Gasteiger partial charge on any atom is -0.274 e. The Labute approximate surface area is 169 Å². The van der Waals surface area contributed by atoms with Gasteiger partial charge in [0.05, 0.1) is 16.9 Å². The lowest BCUT2D eigenvalue weighted by molar-refractivity contribution is 1.02. The fourth-order valence-electron chi connectivity index (χ4n) is 3.19. The molecule has 3 heterocycles. The number of pyridine rings is 1. The van der Waals surface area contributed by atoms with Gasteiger partial charge in [0.1, 0.15) is 5.69 Å². The molecule has 5 rings (SSSR count). The van der Waals surface area contributed by atoms with E-state index in [1.165, 1.54) is 0 Å². The molecule has 28 heavy (non-hydrogen) atoms. The third-order valence-corrected chi connectivity index (χ3v) is 5.02. The first-order chi connectivity index (χ1) is 13.7. The second-order valence-electron chi connectivity index (χ2n) is 6.21. The van der Waals surface area contributed by atoms with Gasteiger partial charge in [0.15, 0.2) is 10.6 Å². The van der Waals surface area contributed by atoms with Gasteiger partial charge in [-0.1, -0.05) is 29.8 Å². The summed E-state index contributed by atoms with van der Waals surface area (Å²) >= 11 is 11.5. The fourth-order valence-corrected chi connectivity index (χ4v) is 3.54. The lowest BCUT2D eigenvalue weighted by Gasteiger charge is -2.08. The van der Waals surface area contributed by atoms with Gasteiger partial charge in [0.2, 0.25) is 0 Å². The normalized spacial score (nSPS) is 11.2. The second-order valence-corrected chi connectivity index (χ2v) is 7.03. The standard InChI is InChI=1S/C20H13ClN6S/c21-13-8-6-12(7-9-13)16-11-17(24-23-16)19-25-26-20(28)27(19)18-5-1-4-15-14(18)3-2-10-22-15/h1-11H,(H,23,24)(H,26,28). The van der Waals surface area contributed by atoms with Crippen LogP contribution >= 0.6 is 23.8 Å². The molecule has 0 amide bonds. The molecule has 136 valence electrons. The van der Waals surface area contributed by atoms with Crippen molar-refractivity contribution in [2.75, 3.05) is 0 Å². The van der Waals surface area contributed by atoms with E-state index in [1.54, 1.807) is 6.20 Å². The van der Waals surface area contributed by atoms with Gasteiger partial charge in [-0.15, -0.1) is 0 Å². The van der Waals surface area contributed by atoms with Crippen molar-refractivity contribution in [3.63, 3.8) is 0 Å². The Hall–Kier alpha value is -3.29. The maximum absolute atomic E-state index is 5.98. The average Bonchev–Trinajstić information content (AvgIpc) is 3.35. The van der Waals surface area contributed by atoms with Crippen molar-refractivity contribution in [3.05, 3.63) is 76.7 Å². The summed E-state index contributed by atoms with van der Waals surface area (Å²) in [6, 6.07) is 19.3. The molecule has 3 aromatic heterocycles. The fraction of sp³-hybridized carbons (Fsp3) is 0. The van der Waals surface area contributed by atoms with Crippen LogP contribution in [-0.2, 0) is 0 Å². The molecule has 0 saturated heterocycles. The lowest BCUT2D eigenvalue weighted by atomic mass is 10.1. The number of aromatic amines is 2. The summed E-state index contributed by atoms with van der Waals surface area (Å²) in [6.45, 7) is 0. The maximum Gasteiger partial charge on any atom is 0.200 e. The number of nitrogens with one attached hydrogen (secondary N) is 2. The highest BCUT2D eigenvalue weighted by Gasteiger charge is 2.16. The minimum absolute atomic E-state index is 0.494. The summed E-state index contributed by atoms with van der Waals surface area (Å²) in [6.07, 6.45) is 1.77. The highest BCUT2D eigenvalue weighted by Crippen LogP contribution is 2.28. The molecule has 0 aliphatic carbocycles. The van der Waals surface area contributed by atoms with Crippen molar-refractivity contribution in [3.8, 4) is 28.5 Å². The molecule has 2 aromatic carbocycles. The molecule has 8 heteroatoms. The third-order valence-electron chi connectivity index (χ3n) is 4.49. The summed E-state index contributed by atoms with van der Waals surface area (Å²) in [5, 5.41) is 16.5. The first-order valence-corrected chi connectivity index (χ1v) is 9.32. The minimum atomic E-state index is 0.494. The number of rotatable bonds is 3. The number of fused-ring (bicyclic) bond motifs is 1. The second kappa shape index (κ2) is 6.70. The van der Waals surface area contributed by atoms with Crippen molar-refractivity contribution in [1.29, 1.82) is 0 Å². The first-order valence-electron chi connectivity index (χ1n) is 8.54. The van der Waals surface area contributed by atoms with Gasteiger partial charge in [-0.25, -0.2) is 0 Å². The number of aromatic nitrogens is 6. The van der Waals surface area contributed by atoms with Crippen LogP contribution in [0.2, 0.25) is 5.02 Å². The lowest BCUT2D eigenvalue weighted by Crippen LogP contribution is -1.99. The number of benzene rings is 2. The molecule has 5 aromatic rings. The van der Waals surface area contributed by atoms with Gasteiger partial charge >= 0.3 is 0 Å². The Morgan fingerprint density at radius 3 is 2.64 bits per heavy atom. The van der Waals surface area contributed by atoms with E-state index in [1.807, 2.05) is 65.2 Å². The Balaban J connectivity index is 1.66. The van der Waals surface area contributed by atoms with Crippen LogP contribution < -0.4 is 0 Å². The highest BCUT2D eigenvalue weighted by atomic mass is 35.5. The predicted molar refractivity (Wildman–Crippen MR) is 112 cm³/mol. The third kappa shape index (κ3) is 2.81. The summed E-state index contributed by atoms with van der Waals surface area (Å²) in [5.41, 5.74) is 4.30. The Kier molecular flexibility index (Phi) is 4.03.